The van der Waals surface area contributed by atoms with Crippen molar-refractivity contribution in [3.05, 3.63) is 70.1 Å². The molecule has 1 aromatic heterocycles. The van der Waals surface area contributed by atoms with Crippen LogP contribution in [0.15, 0.2) is 48.5 Å². The Bertz CT molecular complexity index is 1170. The Balaban J connectivity index is 1.94. The number of benzene rings is 2. The zero-order valence-electron chi connectivity index (χ0n) is 18.7. The van der Waals surface area contributed by atoms with Crippen molar-refractivity contribution in [3.63, 3.8) is 0 Å². The highest BCUT2D eigenvalue weighted by molar-refractivity contribution is 7.19. The second-order valence-corrected chi connectivity index (χ2v) is 7.85. The van der Waals surface area contributed by atoms with Crippen LogP contribution in [0.4, 0.5) is 10.7 Å². The van der Waals surface area contributed by atoms with E-state index in [0.29, 0.717) is 33.2 Å². The second-order valence-electron chi connectivity index (χ2n) is 6.82. The lowest BCUT2D eigenvalue weighted by atomic mass is 10.1. The van der Waals surface area contributed by atoms with Gasteiger partial charge in [-0.1, -0.05) is 18.2 Å². The van der Waals surface area contributed by atoms with E-state index in [1.165, 1.54) is 20.3 Å². The molecule has 0 fully saturated rings. The molecular weight excluding hydrogens is 444 g/mol. The van der Waals surface area contributed by atoms with Crippen molar-refractivity contribution in [3.8, 4) is 11.5 Å². The van der Waals surface area contributed by atoms with Gasteiger partial charge in [0.2, 0.25) is 0 Å². The van der Waals surface area contributed by atoms with Gasteiger partial charge in [0.25, 0.3) is 11.8 Å². The molecule has 3 aromatic rings. The van der Waals surface area contributed by atoms with Gasteiger partial charge in [-0.3, -0.25) is 9.59 Å². The number of methoxy groups -OCH3 is 2. The molecule has 0 unspecified atom stereocenters. The number of rotatable bonds is 8. The summed E-state index contributed by atoms with van der Waals surface area (Å²) < 4.78 is 15.6. The van der Waals surface area contributed by atoms with Crippen LogP contribution in [0, 0.1) is 6.92 Å². The minimum absolute atomic E-state index is 0.147. The predicted molar refractivity (Wildman–Crippen MR) is 127 cm³/mol. The van der Waals surface area contributed by atoms with E-state index >= 15 is 0 Å². The summed E-state index contributed by atoms with van der Waals surface area (Å²) in [6, 6.07) is 13.7. The lowest BCUT2D eigenvalue weighted by molar-refractivity contribution is 0.0527. The Morgan fingerprint density at radius 1 is 0.909 bits per heavy atom. The molecule has 2 N–H and O–H groups in total. The number of nitrogens with one attached hydrogen (secondary N) is 2. The molecule has 33 heavy (non-hydrogen) atoms. The highest BCUT2D eigenvalue weighted by Gasteiger charge is 2.27. The van der Waals surface area contributed by atoms with E-state index in [1.54, 1.807) is 50.2 Å². The molecule has 0 saturated carbocycles. The van der Waals surface area contributed by atoms with Crippen LogP contribution in [0.2, 0.25) is 0 Å². The third-order valence-corrected chi connectivity index (χ3v) is 5.94. The number of ether oxygens (including phenoxy) is 3. The number of amides is 2. The first-order chi connectivity index (χ1) is 15.9. The molecule has 0 bridgehead atoms. The maximum absolute atomic E-state index is 12.9. The Hall–Kier alpha value is -3.85. The summed E-state index contributed by atoms with van der Waals surface area (Å²) in [6.07, 6.45) is 0. The molecule has 0 aliphatic heterocycles. The molecule has 2 amide bonds. The highest BCUT2D eigenvalue weighted by atomic mass is 32.1. The van der Waals surface area contributed by atoms with Gasteiger partial charge in [-0.25, -0.2) is 4.79 Å². The van der Waals surface area contributed by atoms with Crippen LogP contribution in [0.1, 0.15) is 42.9 Å². The Morgan fingerprint density at radius 2 is 1.61 bits per heavy atom. The van der Waals surface area contributed by atoms with Gasteiger partial charge in [-0.2, -0.15) is 0 Å². The minimum atomic E-state index is -0.618. The number of para-hydroxylation sites is 1. The second kappa shape index (κ2) is 10.6. The number of anilines is 2. The van der Waals surface area contributed by atoms with Crippen LogP contribution in [0.5, 0.6) is 11.5 Å². The first kappa shape index (κ1) is 23.8. The maximum atomic E-state index is 12.9. The van der Waals surface area contributed by atoms with Gasteiger partial charge in [0, 0.05) is 11.3 Å². The third-order valence-electron chi connectivity index (χ3n) is 4.74. The van der Waals surface area contributed by atoms with Gasteiger partial charge in [0.05, 0.1) is 31.3 Å². The topological polar surface area (TPSA) is 103 Å². The summed E-state index contributed by atoms with van der Waals surface area (Å²) in [6.45, 7) is 3.49. The van der Waals surface area contributed by atoms with E-state index < -0.39 is 11.9 Å². The molecule has 0 radical (unpaired) electrons. The molecule has 0 spiro atoms. The van der Waals surface area contributed by atoms with Crippen molar-refractivity contribution in [1.29, 1.82) is 0 Å². The maximum Gasteiger partial charge on any atom is 0.341 e. The molecule has 9 heteroatoms. The predicted octanol–water partition coefficient (Wildman–Crippen LogP) is 4.76. The average Bonchev–Trinajstić information content (AvgIpc) is 3.15. The van der Waals surface area contributed by atoms with Gasteiger partial charge in [-0.05, 0) is 49.7 Å². The third kappa shape index (κ3) is 5.32. The molecule has 0 aliphatic rings. The van der Waals surface area contributed by atoms with Gasteiger partial charge >= 0.3 is 5.97 Å². The fraction of sp³-hybridized carbons (Fsp3) is 0.208. The summed E-state index contributed by atoms with van der Waals surface area (Å²) in [7, 11) is 2.97. The number of hydrogen-bond acceptors (Lipinski definition) is 7. The van der Waals surface area contributed by atoms with Crippen molar-refractivity contribution < 1.29 is 28.6 Å². The summed E-state index contributed by atoms with van der Waals surface area (Å²) in [4.78, 5) is 38.8. The molecule has 8 nitrogen and oxygen atoms in total. The quantitative estimate of drug-likeness (QED) is 0.462. The smallest absolute Gasteiger partial charge is 0.341 e. The number of carbonyl (C=O) groups excluding carboxylic acids is 3. The van der Waals surface area contributed by atoms with E-state index in [9.17, 15) is 14.4 Å². The van der Waals surface area contributed by atoms with Crippen LogP contribution >= 0.6 is 11.3 Å². The zero-order chi connectivity index (χ0) is 24.0. The number of esters is 1. The molecule has 2 aromatic carbocycles. The summed E-state index contributed by atoms with van der Waals surface area (Å²) >= 11 is 1.01. The van der Waals surface area contributed by atoms with Crippen LogP contribution < -0.4 is 20.1 Å². The van der Waals surface area contributed by atoms with Crippen molar-refractivity contribution >= 4 is 39.8 Å². The lowest BCUT2D eigenvalue weighted by Crippen LogP contribution is -2.15. The number of hydrogen-bond donors (Lipinski definition) is 2. The number of carbonyl (C=O) groups is 3. The molecule has 172 valence electrons. The monoisotopic (exact) mass is 468 g/mol. The van der Waals surface area contributed by atoms with Crippen LogP contribution in [-0.4, -0.2) is 38.6 Å². The lowest BCUT2D eigenvalue weighted by Gasteiger charge is -2.10. The van der Waals surface area contributed by atoms with Gasteiger partial charge in [0.15, 0.2) is 11.5 Å². The Morgan fingerprint density at radius 3 is 2.24 bits per heavy atom. The Kier molecular flexibility index (Phi) is 7.68. The fourth-order valence-corrected chi connectivity index (χ4v) is 4.21. The minimum Gasteiger partial charge on any atom is -0.493 e. The molecule has 1 heterocycles. The molecule has 3 rings (SSSR count). The first-order valence-corrected chi connectivity index (χ1v) is 10.9. The fourth-order valence-electron chi connectivity index (χ4n) is 3.13. The average molecular weight is 469 g/mol. The number of thiophene rings is 1. The standard InChI is InChI=1S/C24H24N2O6S/c1-5-32-24(29)19-14(2)20(22(28)25-16-9-7-6-8-10-16)33-23(19)26-21(27)15-11-12-17(30-3)18(13-15)31-4/h6-13H,5H2,1-4H3,(H,25,28)(H,26,27). The summed E-state index contributed by atoms with van der Waals surface area (Å²) in [5, 5.41) is 5.76. The highest BCUT2D eigenvalue weighted by Crippen LogP contribution is 2.35. The van der Waals surface area contributed by atoms with Crippen LogP contribution in [0.25, 0.3) is 0 Å². The largest absolute Gasteiger partial charge is 0.493 e. The molecule has 0 aliphatic carbocycles. The Labute approximate surface area is 195 Å². The first-order valence-electron chi connectivity index (χ1n) is 10.1. The van der Waals surface area contributed by atoms with Gasteiger partial charge in [-0.15, -0.1) is 11.3 Å². The van der Waals surface area contributed by atoms with E-state index in [1.807, 2.05) is 6.07 Å². The van der Waals surface area contributed by atoms with E-state index in [0.717, 1.165) is 11.3 Å². The van der Waals surface area contributed by atoms with Crippen LogP contribution in [0.3, 0.4) is 0 Å². The molecule has 0 atom stereocenters. The summed E-state index contributed by atoms with van der Waals surface area (Å²) in [5.41, 5.74) is 1.48. The molecular formula is C24H24N2O6S. The van der Waals surface area contributed by atoms with Crippen molar-refractivity contribution in [1.82, 2.24) is 0 Å². The van der Waals surface area contributed by atoms with E-state index in [4.69, 9.17) is 14.2 Å². The van der Waals surface area contributed by atoms with Gasteiger partial charge < -0.3 is 24.8 Å². The van der Waals surface area contributed by atoms with E-state index in [-0.39, 0.29) is 23.1 Å². The SMILES string of the molecule is CCOC(=O)c1c(NC(=O)c2ccc(OC)c(OC)c2)sc(C(=O)Nc2ccccc2)c1C. The van der Waals surface area contributed by atoms with Crippen molar-refractivity contribution in [2.45, 2.75) is 13.8 Å². The van der Waals surface area contributed by atoms with Gasteiger partial charge in [0.1, 0.15) is 5.00 Å². The normalized spacial score (nSPS) is 10.3. The van der Waals surface area contributed by atoms with Crippen molar-refractivity contribution in [2.75, 3.05) is 31.5 Å². The van der Waals surface area contributed by atoms with Crippen LogP contribution in [-0.2, 0) is 4.74 Å². The molecule has 0 saturated heterocycles. The van der Waals surface area contributed by atoms with E-state index in [2.05, 4.69) is 10.6 Å². The van der Waals surface area contributed by atoms with Crippen molar-refractivity contribution in [2.24, 2.45) is 0 Å². The summed E-state index contributed by atoms with van der Waals surface area (Å²) in [5.74, 6) is -0.611. The zero-order valence-corrected chi connectivity index (χ0v) is 19.5.